The van der Waals surface area contributed by atoms with Crippen molar-refractivity contribution in [2.45, 2.75) is 0 Å². The molecule has 12 aromatic rings. The molecule has 0 unspecified atom stereocenters. The number of benzene rings is 11. The van der Waals surface area contributed by atoms with E-state index in [2.05, 4.69) is 261 Å². The smallest absolute Gasteiger partial charge is 0.164 e. The first kappa shape index (κ1) is 40.5. The van der Waals surface area contributed by atoms with Crippen LogP contribution in [0.1, 0.15) is 0 Å². The van der Waals surface area contributed by atoms with Gasteiger partial charge in [0.25, 0.3) is 0 Å². The van der Waals surface area contributed by atoms with E-state index in [4.69, 9.17) is 15.0 Å². The second-order valence-electron chi connectivity index (χ2n) is 17.1. The fraction of sp³-hybridized carbons (Fsp3) is 0. The summed E-state index contributed by atoms with van der Waals surface area (Å²) in [6.07, 6.45) is 0. The molecular formula is C65H43N3. The molecule has 0 spiro atoms. The van der Waals surface area contributed by atoms with Crippen LogP contribution in [0.4, 0.5) is 0 Å². The molecule has 0 amide bonds. The van der Waals surface area contributed by atoms with Gasteiger partial charge in [-0.2, -0.15) is 0 Å². The molecule has 0 fully saturated rings. The van der Waals surface area contributed by atoms with Crippen LogP contribution in [-0.2, 0) is 0 Å². The Morgan fingerprint density at radius 1 is 0.191 bits per heavy atom. The van der Waals surface area contributed by atoms with Crippen molar-refractivity contribution in [3.63, 3.8) is 0 Å². The lowest BCUT2D eigenvalue weighted by molar-refractivity contribution is 1.07. The third kappa shape index (κ3) is 7.72. The molecule has 1 heterocycles. The molecule has 0 aliphatic carbocycles. The summed E-state index contributed by atoms with van der Waals surface area (Å²) in [4.78, 5) is 16.2. The Kier molecular flexibility index (Phi) is 10.6. The van der Waals surface area contributed by atoms with Crippen molar-refractivity contribution in [1.29, 1.82) is 0 Å². The summed E-state index contributed by atoms with van der Waals surface area (Å²) in [5, 5.41) is 4.80. The number of fused-ring (bicyclic) bond motifs is 2. The molecule has 0 saturated heterocycles. The van der Waals surface area contributed by atoms with E-state index in [0.717, 1.165) is 72.3 Å². The zero-order chi connectivity index (χ0) is 45.2. The average molecular weight is 866 g/mol. The molecular weight excluding hydrogens is 823 g/mol. The fourth-order valence-corrected chi connectivity index (χ4v) is 9.69. The van der Waals surface area contributed by atoms with Gasteiger partial charge in [0.15, 0.2) is 17.5 Å². The molecule has 318 valence electrons. The van der Waals surface area contributed by atoms with Gasteiger partial charge in [0.1, 0.15) is 0 Å². The van der Waals surface area contributed by atoms with Crippen molar-refractivity contribution in [2.75, 3.05) is 0 Å². The van der Waals surface area contributed by atoms with Crippen molar-refractivity contribution < 1.29 is 0 Å². The largest absolute Gasteiger partial charge is 0.208 e. The van der Waals surface area contributed by atoms with Crippen LogP contribution in [-0.4, -0.2) is 15.0 Å². The first-order valence-electron chi connectivity index (χ1n) is 23.1. The monoisotopic (exact) mass is 865 g/mol. The highest BCUT2D eigenvalue weighted by Crippen LogP contribution is 2.44. The normalized spacial score (nSPS) is 11.2. The van der Waals surface area contributed by atoms with Crippen LogP contribution in [0.3, 0.4) is 0 Å². The summed E-state index contributed by atoms with van der Waals surface area (Å²) >= 11 is 0. The maximum atomic E-state index is 5.42. The van der Waals surface area contributed by atoms with Crippen LogP contribution in [0.25, 0.3) is 122 Å². The SMILES string of the molecule is c1ccc(-c2cc(-c3nc(-c4cccc(-c5cccc6ccccc56)c4)nc(-c4cccc(-c5ccc(-c6ccccc6)c6ccccc56)c4)n3)cc(-c3ccccc3)c2-c2ccccc2)cc1. The molecule has 0 atom stereocenters. The third-order valence-electron chi connectivity index (χ3n) is 12.9. The molecule has 11 aromatic carbocycles. The molecule has 0 N–H and O–H groups in total. The Hall–Kier alpha value is -9.05. The maximum Gasteiger partial charge on any atom is 0.164 e. The topological polar surface area (TPSA) is 38.7 Å². The fourth-order valence-electron chi connectivity index (χ4n) is 9.69. The summed E-state index contributed by atoms with van der Waals surface area (Å²) < 4.78 is 0. The second-order valence-corrected chi connectivity index (χ2v) is 17.1. The molecule has 3 nitrogen and oxygen atoms in total. The van der Waals surface area contributed by atoms with Crippen LogP contribution < -0.4 is 0 Å². The number of rotatable bonds is 9. The summed E-state index contributed by atoms with van der Waals surface area (Å²) in [5.41, 5.74) is 16.3. The van der Waals surface area contributed by atoms with Crippen LogP contribution in [0, 0.1) is 0 Å². The van der Waals surface area contributed by atoms with Crippen LogP contribution in [0.15, 0.2) is 261 Å². The van der Waals surface area contributed by atoms with Crippen molar-refractivity contribution in [3.8, 4) is 101 Å². The predicted octanol–water partition coefficient (Wildman–Crippen LogP) is 17.2. The average Bonchev–Trinajstić information content (AvgIpc) is 3.43. The Morgan fingerprint density at radius 3 is 1.04 bits per heavy atom. The Bertz CT molecular complexity index is 3710. The zero-order valence-corrected chi connectivity index (χ0v) is 37.2. The van der Waals surface area contributed by atoms with Crippen LogP contribution >= 0.6 is 0 Å². The molecule has 68 heavy (non-hydrogen) atoms. The van der Waals surface area contributed by atoms with Gasteiger partial charge in [-0.05, 0) is 113 Å². The molecule has 0 bridgehead atoms. The quantitative estimate of drug-likeness (QED) is 0.145. The maximum absolute atomic E-state index is 5.42. The van der Waals surface area contributed by atoms with Gasteiger partial charge in [-0.15, -0.1) is 0 Å². The van der Waals surface area contributed by atoms with E-state index in [0.29, 0.717) is 17.5 Å². The van der Waals surface area contributed by atoms with Gasteiger partial charge in [-0.1, -0.05) is 237 Å². The number of hydrogen-bond donors (Lipinski definition) is 0. The lowest BCUT2D eigenvalue weighted by atomic mass is 9.86. The molecule has 12 rings (SSSR count). The first-order valence-corrected chi connectivity index (χ1v) is 23.1. The summed E-state index contributed by atoms with van der Waals surface area (Å²) in [7, 11) is 0. The van der Waals surface area contributed by atoms with Gasteiger partial charge in [0.2, 0.25) is 0 Å². The van der Waals surface area contributed by atoms with E-state index in [1.165, 1.54) is 32.7 Å². The molecule has 3 heteroatoms. The molecule has 0 saturated carbocycles. The lowest BCUT2D eigenvalue weighted by Crippen LogP contribution is -2.01. The predicted molar refractivity (Wildman–Crippen MR) is 284 cm³/mol. The second kappa shape index (κ2) is 17.7. The van der Waals surface area contributed by atoms with Gasteiger partial charge in [-0.25, -0.2) is 15.0 Å². The van der Waals surface area contributed by atoms with Crippen LogP contribution in [0.5, 0.6) is 0 Å². The van der Waals surface area contributed by atoms with E-state index >= 15 is 0 Å². The molecule has 0 aliphatic rings. The summed E-state index contributed by atoms with van der Waals surface area (Å²) in [5.74, 6) is 1.80. The minimum Gasteiger partial charge on any atom is -0.208 e. The zero-order valence-electron chi connectivity index (χ0n) is 37.2. The van der Waals surface area contributed by atoms with Gasteiger partial charge in [0.05, 0.1) is 0 Å². The van der Waals surface area contributed by atoms with Crippen LogP contribution in [0.2, 0.25) is 0 Å². The van der Waals surface area contributed by atoms with E-state index in [9.17, 15) is 0 Å². The summed E-state index contributed by atoms with van der Waals surface area (Å²) in [6, 6.07) is 92.6. The minimum atomic E-state index is 0.595. The molecule has 0 radical (unpaired) electrons. The molecule has 1 aromatic heterocycles. The van der Waals surface area contributed by atoms with Crippen molar-refractivity contribution >= 4 is 21.5 Å². The van der Waals surface area contributed by atoms with Gasteiger partial charge >= 0.3 is 0 Å². The van der Waals surface area contributed by atoms with E-state index in [1.807, 2.05) is 0 Å². The Morgan fingerprint density at radius 2 is 0.529 bits per heavy atom. The van der Waals surface area contributed by atoms with E-state index < -0.39 is 0 Å². The first-order chi connectivity index (χ1) is 33.7. The standard InChI is InChI=1S/C65H43N3/c1-5-20-44(21-6-1)56-38-39-57(59-36-16-15-35-58(56)59)50-31-18-33-52(41-50)64-66-63(51-32-17-30-49(40-51)55-37-19-29-45-26-13-14-34-54(45)55)67-65(68-64)53-42-60(46-22-7-2-8-23-46)62(48-27-11-4-12-28-48)61(43-53)47-24-9-3-10-25-47/h1-43H. The number of aromatic nitrogens is 3. The van der Waals surface area contributed by atoms with E-state index in [1.54, 1.807) is 0 Å². The van der Waals surface area contributed by atoms with E-state index in [-0.39, 0.29) is 0 Å². The highest BCUT2D eigenvalue weighted by molar-refractivity contribution is 6.05. The Labute approximate surface area is 396 Å². The highest BCUT2D eigenvalue weighted by Gasteiger charge is 2.21. The van der Waals surface area contributed by atoms with Crippen molar-refractivity contribution in [2.24, 2.45) is 0 Å². The third-order valence-corrected chi connectivity index (χ3v) is 12.9. The highest BCUT2D eigenvalue weighted by atomic mass is 15.0. The lowest BCUT2D eigenvalue weighted by Gasteiger charge is -2.19. The van der Waals surface area contributed by atoms with Crippen molar-refractivity contribution in [3.05, 3.63) is 261 Å². The number of hydrogen-bond acceptors (Lipinski definition) is 3. The van der Waals surface area contributed by atoms with Gasteiger partial charge in [-0.3, -0.25) is 0 Å². The van der Waals surface area contributed by atoms with Gasteiger partial charge in [0, 0.05) is 16.7 Å². The Balaban J connectivity index is 1.08. The number of nitrogens with zero attached hydrogens (tertiary/aromatic N) is 3. The van der Waals surface area contributed by atoms with Crippen molar-refractivity contribution in [1.82, 2.24) is 15.0 Å². The molecule has 0 aliphatic heterocycles. The minimum absolute atomic E-state index is 0.595. The van der Waals surface area contributed by atoms with Gasteiger partial charge < -0.3 is 0 Å². The summed E-state index contributed by atoms with van der Waals surface area (Å²) in [6.45, 7) is 0.